The zero-order chi connectivity index (χ0) is 18.0. The average molecular weight is 359 g/mol. The number of nitrogens with zero attached hydrogens (tertiary/aromatic N) is 3. The third-order valence-corrected chi connectivity index (χ3v) is 4.38. The molecule has 3 aromatic rings. The highest BCUT2D eigenvalue weighted by Crippen LogP contribution is 2.27. The van der Waals surface area contributed by atoms with Gasteiger partial charge in [0.25, 0.3) is 17.5 Å². The molecular formula is C16H13N3O5S. The summed E-state index contributed by atoms with van der Waals surface area (Å²) in [6.07, 6.45) is -0.785. The number of nitro benzene ring substituents is 1. The van der Waals surface area contributed by atoms with Crippen molar-refractivity contribution >= 4 is 23.0 Å². The Bertz CT molecular complexity index is 920. The van der Waals surface area contributed by atoms with Crippen LogP contribution in [0.4, 0.5) is 5.69 Å². The third-order valence-electron chi connectivity index (χ3n) is 3.53. The Morgan fingerprint density at radius 2 is 2.12 bits per heavy atom. The molecule has 0 N–H and O–H groups in total. The lowest BCUT2D eigenvalue weighted by Gasteiger charge is -2.10. The van der Waals surface area contributed by atoms with Gasteiger partial charge in [-0.05, 0) is 31.4 Å². The van der Waals surface area contributed by atoms with Gasteiger partial charge in [-0.15, -0.1) is 21.5 Å². The van der Waals surface area contributed by atoms with Crippen molar-refractivity contribution in [3.05, 3.63) is 62.8 Å². The van der Waals surface area contributed by atoms with E-state index in [-0.39, 0.29) is 22.7 Å². The minimum absolute atomic E-state index is 0.124. The summed E-state index contributed by atoms with van der Waals surface area (Å²) in [5.74, 6) is -0.191. The van der Waals surface area contributed by atoms with E-state index < -0.39 is 17.0 Å². The van der Waals surface area contributed by atoms with Crippen LogP contribution in [0.25, 0.3) is 10.8 Å². The average Bonchev–Trinajstić information content (AvgIpc) is 3.25. The van der Waals surface area contributed by atoms with Crippen LogP contribution in [0.1, 0.15) is 34.8 Å². The van der Waals surface area contributed by atoms with Crippen LogP contribution in [0.3, 0.4) is 0 Å². The molecule has 1 atom stereocenters. The molecule has 0 saturated heterocycles. The fraction of sp³-hybridized carbons (Fsp3) is 0.188. The summed E-state index contributed by atoms with van der Waals surface area (Å²) in [6, 6.07) is 7.95. The van der Waals surface area contributed by atoms with Crippen molar-refractivity contribution in [1.29, 1.82) is 0 Å². The molecule has 0 bridgehead atoms. The van der Waals surface area contributed by atoms with E-state index in [1.165, 1.54) is 36.5 Å². The Kier molecular flexibility index (Phi) is 4.57. The minimum Gasteiger partial charge on any atom is -0.449 e. The Labute approximate surface area is 146 Å². The lowest BCUT2D eigenvalue weighted by Crippen LogP contribution is -2.11. The zero-order valence-electron chi connectivity index (χ0n) is 13.3. The number of aromatic nitrogens is 2. The highest BCUT2D eigenvalue weighted by atomic mass is 32.1. The molecule has 0 aliphatic rings. The van der Waals surface area contributed by atoms with Gasteiger partial charge in [0.15, 0.2) is 6.10 Å². The van der Waals surface area contributed by atoms with Crippen molar-refractivity contribution in [3.63, 3.8) is 0 Å². The van der Waals surface area contributed by atoms with Crippen molar-refractivity contribution in [1.82, 2.24) is 10.2 Å². The first kappa shape index (κ1) is 16.8. The van der Waals surface area contributed by atoms with Crippen LogP contribution < -0.4 is 0 Å². The molecule has 0 saturated carbocycles. The van der Waals surface area contributed by atoms with Crippen LogP contribution in [-0.4, -0.2) is 21.1 Å². The predicted molar refractivity (Wildman–Crippen MR) is 89.3 cm³/mol. The molecule has 0 spiro atoms. The third kappa shape index (κ3) is 3.41. The van der Waals surface area contributed by atoms with Gasteiger partial charge in [0.1, 0.15) is 0 Å². The van der Waals surface area contributed by atoms with Crippen molar-refractivity contribution in [2.75, 3.05) is 0 Å². The number of carbonyl (C=O) groups excluding carboxylic acids is 1. The van der Waals surface area contributed by atoms with Gasteiger partial charge in [-0.25, -0.2) is 4.79 Å². The molecule has 0 radical (unpaired) electrons. The smallest absolute Gasteiger partial charge is 0.339 e. The highest BCUT2D eigenvalue weighted by Gasteiger charge is 2.23. The molecule has 0 unspecified atom stereocenters. The molecule has 0 aliphatic carbocycles. The van der Waals surface area contributed by atoms with E-state index in [1.807, 2.05) is 17.5 Å². The van der Waals surface area contributed by atoms with E-state index in [4.69, 9.17) is 9.15 Å². The summed E-state index contributed by atoms with van der Waals surface area (Å²) in [4.78, 5) is 23.6. The van der Waals surface area contributed by atoms with Crippen LogP contribution in [0.2, 0.25) is 0 Å². The quantitative estimate of drug-likeness (QED) is 0.386. The van der Waals surface area contributed by atoms with Crippen LogP contribution in [-0.2, 0) is 4.74 Å². The van der Waals surface area contributed by atoms with Crippen LogP contribution in [0.5, 0.6) is 0 Å². The Hall–Kier alpha value is -3.07. The second-order valence-corrected chi connectivity index (χ2v) is 6.12. The van der Waals surface area contributed by atoms with Gasteiger partial charge >= 0.3 is 5.97 Å². The summed E-state index contributed by atoms with van der Waals surface area (Å²) < 4.78 is 10.8. The van der Waals surface area contributed by atoms with Gasteiger partial charge < -0.3 is 9.15 Å². The van der Waals surface area contributed by atoms with Crippen LogP contribution in [0.15, 0.2) is 40.1 Å². The van der Waals surface area contributed by atoms with Gasteiger partial charge in [0.05, 0.1) is 15.4 Å². The van der Waals surface area contributed by atoms with E-state index >= 15 is 0 Å². The number of esters is 1. The molecular weight excluding hydrogens is 346 g/mol. The van der Waals surface area contributed by atoms with E-state index in [1.54, 1.807) is 6.92 Å². The highest BCUT2D eigenvalue weighted by molar-refractivity contribution is 7.13. The van der Waals surface area contributed by atoms with Gasteiger partial charge in [0, 0.05) is 11.6 Å². The molecule has 0 aliphatic heterocycles. The van der Waals surface area contributed by atoms with Crippen molar-refractivity contribution in [3.8, 4) is 10.8 Å². The molecule has 2 aromatic heterocycles. The minimum atomic E-state index is -0.785. The van der Waals surface area contributed by atoms with Gasteiger partial charge in [0.2, 0.25) is 0 Å². The molecule has 0 fully saturated rings. The number of ether oxygens (including phenoxy) is 1. The topological polar surface area (TPSA) is 108 Å². The second-order valence-electron chi connectivity index (χ2n) is 5.18. The predicted octanol–water partition coefficient (Wildman–Crippen LogP) is 3.93. The number of carbonyl (C=O) groups is 1. The number of hydrogen-bond donors (Lipinski definition) is 0. The van der Waals surface area contributed by atoms with Crippen LogP contribution >= 0.6 is 11.3 Å². The monoisotopic (exact) mass is 359 g/mol. The second kappa shape index (κ2) is 6.81. The van der Waals surface area contributed by atoms with Gasteiger partial charge in [-0.3, -0.25) is 10.1 Å². The summed E-state index contributed by atoms with van der Waals surface area (Å²) >= 11 is 1.45. The first-order valence-electron chi connectivity index (χ1n) is 7.29. The van der Waals surface area contributed by atoms with E-state index in [0.29, 0.717) is 5.89 Å². The summed E-state index contributed by atoms with van der Waals surface area (Å²) in [7, 11) is 0. The number of benzene rings is 1. The SMILES string of the molecule is Cc1c(C(=O)O[C@H](C)c2nnc(-c3cccs3)o2)cccc1[N+](=O)[O-]. The Morgan fingerprint density at radius 3 is 2.80 bits per heavy atom. The number of hydrogen-bond acceptors (Lipinski definition) is 8. The molecule has 25 heavy (non-hydrogen) atoms. The maximum Gasteiger partial charge on any atom is 0.339 e. The Balaban J connectivity index is 1.77. The van der Waals surface area contributed by atoms with E-state index in [9.17, 15) is 14.9 Å². The van der Waals surface area contributed by atoms with Crippen molar-refractivity contribution in [2.45, 2.75) is 20.0 Å². The summed E-state index contributed by atoms with van der Waals surface area (Å²) in [5, 5.41) is 20.7. The molecule has 3 rings (SSSR count). The van der Waals surface area contributed by atoms with E-state index in [0.717, 1.165) is 4.88 Å². The molecule has 128 valence electrons. The summed E-state index contributed by atoms with van der Waals surface area (Å²) in [5.41, 5.74) is 0.230. The standard InChI is InChI=1S/C16H13N3O5S/c1-9-11(5-3-6-12(9)19(21)22)16(20)23-10(2)14-17-18-15(24-14)13-7-4-8-25-13/h3-8,10H,1-2H3/t10-/m1/s1. The van der Waals surface area contributed by atoms with Crippen molar-refractivity contribution in [2.24, 2.45) is 0 Å². The first-order chi connectivity index (χ1) is 12.0. The van der Waals surface area contributed by atoms with Gasteiger partial charge in [-0.1, -0.05) is 12.1 Å². The molecule has 0 amide bonds. The fourth-order valence-corrected chi connectivity index (χ4v) is 2.86. The maximum absolute atomic E-state index is 12.3. The lowest BCUT2D eigenvalue weighted by atomic mass is 10.1. The van der Waals surface area contributed by atoms with E-state index in [2.05, 4.69) is 10.2 Å². The van der Waals surface area contributed by atoms with Gasteiger partial charge in [-0.2, -0.15) is 0 Å². The van der Waals surface area contributed by atoms with Crippen LogP contribution in [0, 0.1) is 17.0 Å². The Morgan fingerprint density at radius 1 is 1.32 bits per heavy atom. The largest absolute Gasteiger partial charge is 0.449 e. The molecule has 8 nitrogen and oxygen atoms in total. The first-order valence-corrected chi connectivity index (χ1v) is 8.17. The van der Waals surface area contributed by atoms with Crippen molar-refractivity contribution < 1.29 is 18.9 Å². The lowest BCUT2D eigenvalue weighted by molar-refractivity contribution is -0.385. The fourth-order valence-electron chi connectivity index (χ4n) is 2.22. The number of thiophene rings is 1. The normalized spacial score (nSPS) is 11.9. The molecule has 1 aromatic carbocycles. The maximum atomic E-state index is 12.3. The number of rotatable bonds is 5. The molecule has 2 heterocycles. The zero-order valence-corrected chi connectivity index (χ0v) is 14.1. The molecule has 9 heteroatoms. The number of nitro groups is 1. The summed E-state index contributed by atoms with van der Waals surface area (Å²) in [6.45, 7) is 3.09.